The van der Waals surface area contributed by atoms with E-state index in [4.69, 9.17) is 0 Å². The molecule has 0 aliphatic carbocycles. The molecular weight excluding hydrogens is 290 g/mol. The Bertz CT molecular complexity index is 488. The normalized spacial score (nSPS) is 25.4. The molecule has 0 spiro atoms. The van der Waals surface area contributed by atoms with E-state index >= 15 is 0 Å². The zero-order valence-corrected chi connectivity index (χ0v) is 15.5. The fourth-order valence-corrected chi connectivity index (χ4v) is 4.95. The summed E-state index contributed by atoms with van der Waals surface area (Å²) < 4.78 is 0. The number of likely N-dealkylation sites (N-methyl/N-ethyl adjacent to an activating group) is 1. The third-order valence-corrected chi connectivity index (χ3v) is 6.28. The van der Waals surface area contributed by atoms with E-state index in [1.54, 1.807) is 10.4 Å². The van der Waals surface area contributed by atoms with Gasteiger partial charge in [-0.25, -0.2) is 0 Å². The highest BCUT2D eigenvalue weighted by molar-refractivity contribution is 7.10. The first-order valence-electron chi connectivity index (χ1n) is 8.66. The van der Waals surface area contributed by atoms with E-state index in [0.717, 1.165) is 0 Å². The molecule has 0 amide bonds. The molecule has 0 radical (unpaired) electrons. The molecule has 0 N–H and O–H groups in total. The summed E-state index contributed by atoms with van der Waals surface area (Å²) in [6.45, 7) is 15.8. The van der Waals surface area contributed by atoms with Crippen LogP contribution in [-0.2, 0) is 6.42 Å². The van der Waals surface area contributed by atoms with Gasteiger partial charge in [0.05, 0.1) is 0 Å². The highest BCUT2D eigenvalue weighted by Gasteiger charge is 2.31. The molecule has 0 unspecified atom stereocenters. The van der Waals surface area contributed by atoms with Crippen molar-refractivity contribution < 1.29 is 0 Å². The topological polar surface area (TPSA) is 9.72 Å². The zero-order valence-electron chi connectivity index (χ0n) is 14.6. The first-order valence-corrected chi connectivity index (χ1v) is 9.54. The van der Waals surface area contributed by atoms with Gasteiger partial charge in [-0.1, -0.05) is 13.8 Å². The third-order valence-electron chi connectivity index (χ3n) is 5.28. The second kappa shape index (κ2) is 6.60. The van der Waals surface area contributed by atoms with Crippen LogP contribution >= 0.6 is 11.3 Å². The predicted octanol–water partition coefficient (Wildman–Crippen LogP) is 2.94. The van der Waals surface area contributed by atoms with Crippen molar-refractivity contribution in [1.82, 2.24) is 14.7 Å². The quantitative estimate of drug-likeness (QED) is 0.844. The summed E-state index contributed by atoms with van der Waals surface area (Å²) in [7, 11) is 2.23. The fourth-order valence-electron chi connectivity index (χ4n) is 3.99. The maximum absolute atomic E-state index is 2.70. The van der Waals surface area contributed by atoms with Crippen LogP contribution in [0.1, 0.15) is 37.3 Å². The molecule has 3 heterocycles. The lowest BCUT2D eigenvalue weighted by Crippen LogP contribution is -2.50. The molecule has 2 aliphatic rings. The second-order valence-electron chi connectivity index (χ2n) is 7.94. The molecule has 124 valence electrons. The van der Waals surface area contributed by atoms with Crippen LogP contribution in [0.2, 0.25) is 0 Å². The SMILES string of the molecule is C[C@H]1c2ccsc2CCN1CC(C)(C)CN1CCN(C)CC1. The van der Waals surface area contributed by atoms with E-state index in [-0.39, 0.29) is 0 Å². The third kappa shape index (κ3) is 3.73. The number of nitrogens with zero attached hydrogens (tertiary/aromatic N) is 3. The maximum Gasteiger partial charge on any atom is 0.0331 e. The van der Waals surface area contributed by atoms with E-state index in [1.165, 1.54) is 52.2 Å². The molecule has 1 aromatic heterocycles. The highest BCUT2D eigenvalue weighted by atomic mass is 32.1. The van der Waals surface area contributed by atoms with Crippen LogP contribution in [-0.4, -0.2) is 67.6 Å². The molecule has 3 rings (SSSR count). The summed E-state index contributed by atoms with van der Waals surface area (Å²) >= 11 is 1.94. The predicted molar refractivity (Wildman–Crippen MR) is 95.7 cm³/mol. The average Bonchev–Trinajstić information content (AvgIpc) is 2.93. The van der Waals surface area contributed by atoms with Crippen molar-refractivity contribution in [2.45, 2.75) is 33.2 Å². The summed E-state index contributed by atoms with van der Waals surface area (Å²) in [4.78, 5) is 9.41. The Labute approximate surface area is 139 Å². The molecule has 1 fully saturated rings. The van der Waals surface area contributed by atoms with E-state index in [9.17, 15) is 0 Å². The van der Waals surface area contributed by atoms with Crippen LogP contribution in [0.4, 0.5) is 0 Å². The van der Waals surface area contributed by atoms with Crippen LogP contribution in [0.3, 0.4) is 0 Å². The van der Waals surface area contributed by atoms with E-state index in [2.05, 4.69) is 54.0 Å². The van der Waals surface area contributed by atoms with Crippen molar-refractivity contribution in [2.24, 2.45) is 5.41 Å². The van der Waals surface area contributed by atoms with Gasteiger partial charge in [-0.15, -0.1) is 11.3 Å². The minimum absolute atomic E-state index is 0.359. The zero-order chi connectivity index (χ0) is 15.7. The Balaban J connectivity index is 1.57. The van der Waals surface area contributed by atoms with Gasteiger partial charge in [-0.3, -0.25) is 4.90 Å². The lowest BCUT2D eigenvalue weighted by molar-refractivity contribution is 0.0701. The fraction of sp³-hybridized carbons (Fsp3) is 0.778. The molecule has 4 heteroatoms. The number of hydrogen-bond acceptors (Lipinski definition) is 4. The summed E-state index contributed by atoms with van der Waals surface area (Å²) in [6, 6.07) is 2.92. The van der Waals surface area contributed by atoms with Gasteiger partial charge in [-0.05, 0) is 42.8 Å². The van der Waals surface area contributed by atoms with Crippen molar-refractivity contribution >= 4 is 11.3 Å². The lowest BCUT2D eigenvalue weighted by Gasteiger charge is -2.42. The molecule has 0 bridgehead atoms. The number of piperazine rings is 1. The van der Waals surface area contributed by atoms with Crippen LogP contribution in [0.25, 0.3) is 0 Å². The lowest BCUT2D eigenvalue weighted by atomic mass is 9.89. The van der Waals surface area contributed by atoms with E-state index in [0.29, 0.717) is 11.5 Å². The van der Waals surface area contributed by atoms with Gasteiger partial charge in [0.2, 0.25) is 0 Å². The summed E-state index contributed by atoms with van der Waals surface area (Å²) in [5.74, 6) is 0. The van der Waals surface area contributed by atoms with E-state index in [1.807, 2.05) is 11.3 Å². The van der Waals surface area contributed by atoms with Gasteiger partial charge in [0.25, 0.3) is 0 Å². The Morgan fingerprint density at radius 1 is 1.14 bits per heavy atom. The smallest absolute Gasteiger partial charge is 0.0331 e. The molecule has 1 saturated heterocycles. The van der Waals surface area contributed by atoms with Crippen molar-refractivity contribution in [1.29, 1.82) is 0 Å². The maximum atomic E-state index is 2.70. The van der Waals surface area contributed by atoms with Gasteiger partial charge in [-0.2, -0.15) is 0 Å². The summed E-state index contributed by atoms with van der Waals surface area (Å²) in [5, 5.41) is 2.26. The Kier molecular flexibility index (Phi) is 4.93. The molecule has 2 aliphatic heterocycles. The molecule has 0 aromatic carbocycles. The van der Waals surface area contributed by atoms with Crippen LogP contribution in [0.5, 0.6) is 0 Å². The van der Waals surface area contributed by atoms with Crippen LogP contribution < -0.4 is 0 Å². The Morgan fingerprint density at radius 2 is 1.86 bits per heavy atom. The van der Waals surface area contributed by atoms with Crippen molar-refractivity contribution in [2.75, 3.05) is 52.9 Å². The Morgan fingerprint density at radius 3 is 2.59 bits per heavy atom. The van der Waals surface area contributed by atoms with Gasteiger partial charge >= 0.3 is 0 Å². The minimum Gasteiger partial charge on any atom is -0.304 e. The minimum atomic E-state index is 0.359. The van der Waals surface area contributed by atoms with Crippen LogP contribution in [0, 0.1) is 5.41 Å². The molecule has 1 atom stereocenters. The van der Waals surface area contributed by atoms with Crippen molar-refractivity contribution in [3.05, 3.63) is 21.9 Å². The highest BCUT2D eigenvalue weighted by Crippen LogP contribution is 2.34. The molecule has 0 saturated carbocycles. The summed E-state index contributed by atoms with van der Waals surface area (Å²) in [6.07, 6.45) is 1.24. The second-order valence-corrected chi connectivity index (χ2v) is 8.94. The number of rotatable bonds is 4. The van der Waals surface area contributed by atoms with Gasteiger partial charge in [0, 0.05) is 56.7 Å². The number of hydrogen-bond donors (Lipinski definition) is 0. The molecule has 1 aromatic rings. The molecular formula is C18H31N3S. The van der Waals surface area contributed by atoms with Gasteiger partial charge in [0.15, 0.2) is 0 Å². The standard InChI is InChI=1S/C18H31N3S/c1-15-16-6-12-22-17(16)5-7-21(15)14-18(2,3)13-20-10-8-19(4)9-11-20/h6,12,15H,5,7-11,13-14H2,1-4H3/t15-/m0/s1. The monoisotopic (exact) mass is 321 g/mol. The number of thiophene rings is 1. The number of fused-ring (bicyclic) bond motifs is 1. The average molecular weight is 322 g/mol. The molecule has 3 nitrogen and oxygen atoms in total. The van der Waals surface area contributed by atoms with Crippen molar-refractivity contribution in [3.63, 3.8) is 0 Å². The van der Waals surface area contributed by atoms with Crippen molar-refractivity contribution in [3.8, 4) is 0 Å². The van der Waals surface area contributed by atoms with E-state index < -0.39 is 0 Å². The van der Waals surface area contributed by atoms with Gasteiger partial charge in [0.1, 0.15) is 0 Å². The largest absolute Gasteiger partial charge is 0.304 e. The Hall–Kier alpha value is -0.420. The molecule has 22 heavy (non-hydrogen) atoms. The first kappa shape index (κ1) is 16.4. The first-order chi connectivity index (χ1) is 10.4. The summed E-state index contributed by atoms with van der Waals surface area (Å²) in [5.41, 5.74) is 1.93. The van der Waals surface area contributed by atoms with Crippen LogP contribution in [0.15, 0.2) is 11.4 Å². The van der Waals surface area contributed by atoms with Gasteiger partial charge < -0.3 is 9.80 Å².